The van der Waals surface area contributed by atoms with Crippen molar-refractivity contribution in [2.24, 2.45) is 5.92 Å². The van der Waals surface area contributed by atoms with Crippen molar-refractivity contribution in [1.29, 1.82) is 0 Å². The second-order valence-electron chi connectivity index (χ2n) is 10.0. The van der Waals surface area contributed by atoms with E-state index in [1.165, 1.54) is 0 Å². The van der Waals surface area contributed by atoms with Gasteiger partial charge in [0, 0.05) is 13.7 Å². The Morgan fingerprint density at radius 2 is 1.46 bits per heavy atom. The Labute approximate surface area is 207 Å². The SMILES string of the molecule is CCOCc1ccc(C2CCC(COc3ccc(C4CCC(OC)CC4)c(F)c3F)CC2)c(F)c1. The fourth-order valence-electron chi connectivity index (χ4n) is 5.64. The third kappa shape index (κ3) is 6.39. The zero-order valence-electron chi connectivity index (χ0n) is 20.8. The van der Waals surface area contributed by atoms with Gasteiger partial charge in [-0.05, 0) is 105 Å². The van der Waals surface area contributed by atoms with E-state index in [0.29, 0.717) is 25.4 Å². The smallest absolute Gasteiger partial charge is 0.200 e. The largest absolute Gasteiger partial charge is 0.490 e. The molecule has 2 aromatic carbocycles. The molecule has 0 saturated heterocycles. The van der Waals surface area contributed by atoms with Gasteiger partial charge >= 0.3 is 0 Å². The third-order valence-corrected chi connectivity index (χ3v) is 7.82. The van der Waals surface area contributed by atoms with E-state index < -0.39 is 11.6 Å². The van der Waals surface area contributed by atoms with Crippen LogP contribution in [0.25, 0.3) is 0 Å². The molecule has 2 fully saturated rings. The Hall–Kier alpha value is -2.05. The van der Waals surface area contributed by atoms with Gasteiger partial charge in [-0.1, -0.05) is 18.2 Å². The third-order valence-electron chi connectivity index (χ3n) is 7.82. The van der Waals surface area contributed by atoms with Gasteiger partial charge in [-0.3, -0.25) is 0 Å². The number of methoxy groups -OCH3 is 1. The number of hydrogen-bond acceptors (Lipinski definition) is 3. The van der Waals surface area contributed by atoms with Gasteiger partial charge in [-0.15, -0.1) is 0 Å². The van der Waals surface area contributed by atoms with Crippen LogP contribution in [0.15, 0.2) is 30.3 Å². The minimum absolute atomic E-state index is 0.0186. The molecule has 35 heavy (non-hydrogen) atoms. The predicted octanol–water partition coefficient (Wildman–Crippen LogP) is 7.67. The van der Waals surface area contributed by atoms with Crippen LogP contribution in [0.3, 0.4) is 0 Å². The maximum atomic E-state index is 14.8. The Bertz CT molecular complexity index is 964. The van der Waals surface area contributed by atoms with Gasteiger partial charge in [0.15, 0.2) is 11.6 Å². The molecule has 6 heteroatoms. The summed E-state index contributed by atoms with van der Waals surface area (Å²) in [7, 11) is 1.70. The summed E-state index contributed by atoms with van der Waals surface area (Å²) in [6, 6.07) is 8.64. The predicted molar refractivity (Wildman–Crippen MR) is 130 cm³/mol. The first-order valence-electron chi connectivity index (χ1n) is 13.0. The summed E-state index contributed by atoms with van der Waals surface area (Å²) in [6.07, 6.45) is 7.00. The second kappa shape index (κ2) is 12.3. The molecule has 2 saturated carbocycles. The molecule has 2 aromatic rings. The van der Waals surface area contributed by atoms with Crippen LogP contribution in [0.5, 0.6) is 5.75 Å². The lowest BCUT2D eigenvalue weighted by Crippen LogP contribution is -2.21. The lowest BCUT2D eigenvalue weighted by atomic mass is 9.78. The quantitative estimate of drug-likeness (QED) is 0.361. The molecule has 192 valence electrons. The van der Waals surface area contributed by atoms with E-state index in [4.69, 9.17) is 14.2 Å². The van der Waals surface area contributed by atoms with Gasteiger partial charge in [0.2, 0.25) is 5.82 Å². The van der Waals surface area contributed by atoms with Crippen molar-refractivity contribution >= 4 is 0 Å². The first-order valence-corrected chi connectivity index (χ1v) is 13.0. The molecule has 0 radical (unpaired) electrons. The van der Waals surface area contributed by atoms with Crippen molar-refractivity contribution in [2.45, 2.75) is 82.8 Å². The van der Waals surface area contributed by atoms with Crippen molar-refractivity contribution in [3.05, 3.63) is 64.5 Å². The Morgan fingerprint density at radius 3 is 2.11 bits per heavy atom. The summed E-state index contributed by atoms with van der Waals surface area (Å²) >= 11 is 0. The Morgan fingerprint density at radius 1 is 0.800 bits per heavy atom. The van der Waals surface area contributed by atoms with Crippen LogP contribution in [0.2, 0.25) is 0 Å². The van der Waals surface area contributed by atoms with Gasteiger partial charge < -0.3 is 14.2 Å². The molecule has 0 bridgehead atoms. The number of halogens is 3. The molecular weight excluding hydrogens is 453 g/mol. The number of rotatable bonds is 9. The van der Waals surface area contributed by atoms with Crippen LogP contribution >= 0.6 is 0 Å². The summed E-state index contributed by atoms with van der Waals surface area (Å²) in [5.41, 5.74) is 2.05. The molecule has 4 rings (SSSR count). The zero-order valence-corrected chi connectivity index (χ0v) is 20.8. The van der Waals surface area contributed by atoms with Crippen molar-refractivity contribution in [1.82, 2.24) is 0 Å². The molecule has 0 heterocycles. The molecule has 0 aromatic heterocycles. The lowest BCUT2D eigenvalue weighted by molar-refractivity contribution is 0.0654. The van der Waals surface area contributed by atoms with Crippen molar-refractivity contribution < 1.29 is 27.4 Å². The van der Waals surface area contributed by atoms with Crippen LogP contribution in [-0.4, -0.2) is 26.4 Å². The molecule has 0 amide bonds. The summed E-state index contributed by atoms with van der Waals surface area (Å²) < 4.78 is 60.7. The monoisotopic (exact) mass is 490 g/mol. The molecule has 0 spiro atoms. The minimum Gasteiger partial charge on any atom is -0.490 e. The van der Waals surface area contributed by atoms with Gasteiger partial charge in [-0.25, -0.2) is 8.78 Å². The highest BCUT2D eigenvalue weighted by molar-refractivity contribution is 5.33. The van der Waals surface area contributed by atoms with E-state index in [1.807, 2.05) is 19.1 Å². The first kappa shape index (κ1) is 26.0. The van der Waals surface area contributed by atoms with Crippen LogP contribution < -0.4 is 4.74 Å². The van der Waals surface area contributed by atoms with Gasteiger partial charge in [0.1, 0.15) is 5.82 Å². The molecule has 2 aliphatic carbocycles. The minimum atomic E-state index is -0.890. The topological polar surface area (TPSA) is 27.7 Å². The highest BCUT2D eigenvalue weighted by Gasteiger charge is 2.28. The Balaban J connectivity index is 1.28. The maximum absolute atomic E-state index is 14.8. The normalized spacial score (nSPS) is 24.9. The van der Waals surface area contributed by atoms with Crippen LogP contribution in [0.4, 0.5) is 13.2 Å². The van der Waals surface area contributed by atoms with Crippen LogP contribution in [0, 0.1) is 23.4 Å². The average Bonchev–Trinajstić information content (AvgIpc) is 2.89. The summed E-state index contributed by atoms with van der Waals surface area (Å²) in [6.45, 7) is 3.29. The summed E-state index contributed by atoms with van der Waals surface area (Å²) in [5.74, 6) is -1.42. The van der Waals surface area contributed by atoms with E-state index in [9.17, 15) is 13.2 Å². The van der Waals surface area contributed by atoms with Crippen molar-refractivity contribution in [3.63, 3.8) is 0 Å². The Kier molecular flexibility index (Phi) is 9.12. The fraction of sp³-hybridized carbons (Fsp3) is 0.586. The number of benzene rings is 2. The number of ether oxygens (including phenoxy) is 3. The zero-order chi connectivity index (χ0) is 24.8. The first-order chi connectivity index (χ1) is 17.0. The number of hydrogen-bond donors (Lipinski definition) is 0. The van der Waals surface area contributed by atoms with Crippen LogP contribution in [0.1, 0.15) is 86.8 Å². The summed E-state index contributed by atoms with van der Waals surface area (Å²) in [4.78, 5) is 0. The molecule has 0 unspecified atom stereocenters. The van der Waals surface area contributed by atoms with Gasteiger partial charge in [-0.2, -0.15) is 4.39 Å². The van der Waals surface area contributed by atoms with E-state index in [2.05, 4.69) is 0 Å². The van der Waals surface area contributed by atoms with E-state index >= 15 is 0 Å². The van der Waals surface area contributed by atoms with Crippen LogP contribution in [-0.2, 0) is 16.1 Å². The molecule has 0 atom stereocenters. The van der Waals surface area contributed by atoms with E-state index in [1.54, 1.807) is 25.3 Å². The van der Waals surface area contributed by atoms with Crippen molar-refractivity contribution in [2.75, 3.05) is 20.3 Å². The van der Waals surface area contributed by atoms with Crippen molar-refractivity contribution in [3.8, 4) is 5.75 Å². The average molecular weight is 491 g/mol. The molecular formula is C29H37F3O3. The molecule has 2 aliphatic rings. The lowest BCUT2D eigenvalue weighted by Gasteiger charge is -2.29. The molecule has 0 N–H and O–H groups in total. The highest BCUT2D eigenvalue weighted by atomic mass is 19.2. The molecule has 3 nitrogen and oxygen atoms in total. The van der Waals surface area contributed by atoms with Gasteiger partial charge in [0.05, 0.1) is 19.3 Å². The molecule has 0 aliphatic heterocycles. The highest BCUT2D eigenvalue weighted by Crippen LogP contribution is 2.39. The van der Waals surface area contributed by atoms with E-state index in [-0.39, 0.29) is 35.4 Å². The maximum Gasteiger partial charge on any atom is 0.200 e. The fourth-order valence-corrected chi connectivity index (χ4v) is 5.64. The standard InChI is InChI=1S/C29H37F3O3/c1-3-34-17-20-6-13-24(26(30)16-20)21-7-4-19(5-8-21)18-35-27-15-14-25(28(31)29(27)32)22-9-11-23(33-2)12-10-22/h6,13-16,19,21-23H,3-5,7-12,17-18H2,1-2H3. The second-order valence-corrected chi connectivity index (χ2v) is 10.0. The summed E-state index contributed by atoms with van der Waals surface area (Å²) in [5, 5.41) is 0. The van der Waals surface area contributed by atoms with E-state index in [0.717, 1.165) is 62.5 Å². The van der Waals surface area contributed by atoms with Gasteiger partial charge in [0.25, 0.3) is 0 Å².